The summed E-state index contributed by atoms with van der Waals surface area (Å²) < 4.78 is 45.3. The van der Waals surface area contributed by atoms with Gasteiger partial charge in [-0.3, -0.25) is 0 Å². The van der Waals surface area contributed by atoms with E-state index in [1.54, 1.807) is 57.2 Å². The molecule has 1 aliphatic rings. The SMILES string of the molecule is CCOCc1ccc(N2CCCN(c3ccc(C(=O)OCC)o3)CCN(c3ccc(C(=O)OCC)o3)CCCN(c3ccc(C(=O)OCC)o3)CC2)o1. The van der Waals surface area contributed by atoms with Crippen molar-refractivity contribution in [2.24, 2.45) is 0 Å². The van der Waals surface area contributed by atoms with E-state index in [9.17, 15) is 14.4 Å². The normalized spacial score (nSPS) is 14.9. The van der Waals surface area contributed by atoms with Crippen molar-refractivity contribution in [1.82, 2.24) is 0 Å². The topological polar surface area (TPSA) is 154 Å². The van der Waals surface area contributed by atoms with Gasteiger partial charge in [0.15, 0.2) is 23.5 Å². The van der Waals surface area contributed by atoms with Gasteiger partial charge in [0, 0.05) is 83.2 Å². The molecule has 0 amide bonds. The molecule has 0 saturated carbocycles. The largest absolute Gasteiger partial charge is 0.460 e. The maximum atomic E-state index is 12.5. The average Bonchev–Trinajstić information content (AvgIpc) is 3.99. The quantitative estimate of drug-likeness (QED) is 0.112. The summed E-state index contributed by atoms with van der Waals surface area (Å²) in [7, 11) is 0. The third kappa shape index (κ3) is 10.6. The van der Waals surface area contributed by atoms with E-state index in [-0.39, 0.29) is 37.1 Å². The number of ether oxygens (including phenoxy) is 4. The molecule has 4 aromatic heterocycles. The summed E-state index contributed by atoms with van der Waals surface area (Å²) in [4.78, 5) is 45.8. The number of furan rings is 4. The Hall–Kier alpha value is -5.31. The molecule has 0 unspecified atom stereocenters. The van der Waals surface area contributed by atoms with Gasteiger partial charge in [-0.2, -0.15) is 0 Å². The zero-order valence-electron chi connectivity index (χ0n) is 31.0. The second-order valence-corrected chi connectivity index (χ2v) is 12.1. The molecular weight excluding hydrogens is 688 g/mol. The first-order valence-electron chi connectivity index (χ1n) is 18.3. The van der Waals surface area contributed by atoms with Gasteiger partial charge in [0.2, 0.25) is 17.3 Å². The van der Waals surface area contributed by atoms with Crippen LogP contribution in [0.25, 0.3) is 0 Å². The molecule has 0 atom stereocenters. The van der Waals surface area contributed by atoms with Crippen LogP contribution >= 0.6 is 0 Å². The Morgan fingerprint density at radius 3 is 1.15 bits per heavy atom. The molecule has 53 heavy (non-hydrogen) atoms. The van der Waals surface area contributed by atoms with Crippen LogP contribution in [0.3, 0.4) is 0 Å². The van der Waals surface area contributed by atoms with Gasteiger partial charge in [-0.05, 0) is 64.8 Å². The predicted molar refractivity (Wildman–Crippen MR) is 196 cm³/mol. The molecule has 5 rings (SSSR count). The van der Waals surface area contributed by atoms with E-state index in [4.69, 9.17) is 36.6 Å². The summed E-state index contributed by atoms with van der Waals surface area (Å²) in [5, 5.41) is 0. The molecule has 15 heteroatoms. The van der Waals surface area contributed by atoms with Crippen molar-refractivity contribution >= 4 is 41.4 Å². The molecule has 0 aliphatic carbocycles. The number of rotatable bonds is 13. The van der Waals surface area contributed by atoms with Crippen molar-refractivity contribution in [2.45, 2.75) is 47.1 Å². The number of nitrogens with zero attached hydrogens (tertiary/aromatic N) is 4. The molecule has 0 aromatic carbocycles. The standard InChI is InChI=1S/C38H50N4O11/c1-5-46-27-28-11-15-32(50-28)39-19-9-20-41(34-17-13-30(52-34)37(44)48-7-3)25-26-42(35-18-14-31(53-35)38(45)49-8-4)22-10-21-40(24-23-39)33-16-12-29(51-33)36(43)47-6-2/h11-18H,5-10,19-27H2,1-4H3. The van der Waals surface area contributed by atoms with Crippen LogP contribution in [-0.4, -0.2) is 96.7 Å². The third-order valence-corrected chi connectivity index (χ3v) is 8.54. The minimum atomic E-state index is -0.530. The number of hydrogen-bond donors (Lipinski definition) is 0. The number of esters is 3. The number of carbonyl (C=O) groups excluding carboxylic acids is 3. The molecular formula is C38H50N4O11. The number of anilines is 4. The zero-order valence-corrected chi connectivity index (χ0v) is 31.0. The summed E-state index contributed by atoms with van der Waals surface area (Å²) in [6, 6.07) is 14.1. The molecule has 1 saturated heterocycles. The van der Waals surface area contributed by atoms with Crippen molar-refractivity contribution in [2.75, 3.05) is 98.4 Å². The summed E-state index contributed by atoms with van der Waals surface area (Å²) >= 11 is 0. The maximum Gasteiger partial charge on any atom is 0.374 e. The molecule has 0 bridgehead atoms. The van der Waals surface area contributed by atoms with E-state index in [2.05, 4.69) is 19.6 Å². The Labute approximate surface area is 309 Å². The lowest BCUT2D eigenvalue weighted by Gasteiger charge is -2.32. The van der Waals surface area contributed by atoms with Crippen molar-refractivity contribution in [3.8, 4) is 0 Å². The number of hydrogen-bond acceptors (Lipinski definition) is 15. The first-order valence-corrected chi connectivity index (χ1v) is 18.3. The van der Waals surface area contributed by atoms with Crippen molar-refractivity contribution in [3.63, 3.8) is 0 Å². The predicted octanol–water partition coefficient (Wildman–Crippen LogP) is 6.25. The Morgan fingerprint density at radius 1 is 0.472 bits per heavy atom. The first-order chi connectivity index (χ1) is 25.8. The van der Waals surface area contributed by atoms with Crippen LogP contribution in [0.15, 0.2) is 66.2 Å². The van der Waals surface area contributed by atoms with Crippen LogP contribution in [0, 0.1) is 0 Å². The van der Waals surface area contributed by atoms with Gasteiger partial charge >= 0.3 is 17.9 Å². The van der Waals surface area contributed by atoms with E-state index >= 15 is 0 Å². The van der Waals surface area contributed by atoms with E-state index in [1.165, 1.54) is 0 Å². The Balaban J connectivity index is 1.43. The van der Waals surface area contributed by atoms with E-state index in [1.807, 2.05) is 19.1 Å². The van der Waals surface area contributed by atoms with Gasteiger partial charge in [-0.1, -0.05) is 0 Å². The molecule has 1 aliphatic heterocycles. The van der Waals surface area contributed by atoms with Crippen LogP contribution in [0.4, 0.5) is 23.5 Å². The zero-order chi connectivity index (χ0) is 37.6. The molecule has 288 valence electrons. The third-order valence-electron chi connectivity index (χ3n) is 8.54. The van der Waals surface area contributed by atoms with Crippen molar-refractivity contribution in [3.05, 3.63) is 71.6 Å². The van der Waals surface area contributed by atoms with E-state index < -0.39 is 17.9 Å². The summed E-state index contributed by atoms with van der Waals surface area (Å²) in [5.74, 6) is 1.88. The Morgan fingerprint density at radius 2 is 0.811 bits per heavy atom. The maximum absolute atomic E-state index is 12.5. The summed E-state index contributed by atoms with van der Waals surface area (Å²) in [6.45, 7) is 13.3. The Kier molecular flexibility index (Phi) is 14.3. The summed E-state index contributed by atoms with van der Waals surface area (Å²) in [6.07, 6.45) is 1.37. The van der Waals surface area contributed by atoms with Crippen molar-refractivity contribution < 1.29 is 51.0 Å². The fourth-order valence-electron chi connectivity index (χ4n) is 5.96. The smallest absolute Gasteiger partial charge is 0.374 e. The van der Waals surface area contributed by atoms with Crippen LogP contribution in [0.1, 0.15) is 78.0 Å². The van der Waals surface area contributed by atoms with Crippen LogP contribution in [0.5, 0.6) is 0 Å². The summed E-state index contributed by atoms with van der Waals surface area (Å²) in [5.41, 5.74) is 0. The lowest BCUT2D eigenvalue weighted by molar-refractivity contribution is 0.0482. The molecule has 1 fully saturated rings. The molecule has 0 radical (unpaired) electrons. The molecule has 4 aromatic rings. The van der Waals surface area contributed by atoms with Gasteiger partial charge in [0.25, 0.3) is 0 Å². The fraction of sp³-hybridized carbons (Fsp3) is 0.500. The van der Waals surface area contributed by atoms with Crippen LogP contribution in [-0.2, 0) is 25.6 Å². The van der Waals surface area contributed by atoms with E-state index in [0.717, 1.165) is 5.76 Å². The monoisotopic (exact) mass is 738 g/mol. The van der Waals surface area contributed by atoms with Gasteiger partial charge in [-0.25, -0.2) is 14.4 Å². The van der Waals surface area contributed by atoms with Crippen molar-refractivity contribution in [1.29, 1.82) is 0 Å². The van der Waals surface area contributed by atoms with Crippen LogP contribution < -0.4 is 19.6 Å². The first kappa shape index (κ1) is 38.9. The Bertz CT molecular complexity index is 1740. The van der Waals surface area contributed by atoms with Gasteiger partial charge in [-0.15, -0.1) is 0 Å². The average molecular weight is 739 g/mol. The molecule has 5 heterocycles. The number of carbonyl (C=O) groups is 3. The van der Waals surface area contributed by atoms with E-state index in [0.29, 0.717) is 102 Å². The highest BCUT2D eigenvalue weighted by Gasteiger charge is 2.24. The fourth-order valence-corrected chi connectivity index (χ4v) is 5.96. The van der Waals surface area contributed by atoms with Gasteiger partial charge in [0.05, 0.1) is 19.8 Å². The highest BCUT2D eigenvalue weighted by atomic mass is 16.6. The molecule has 15 nitrogen and oxygen atoms in total. The molecule has 0 spiro atoms. The minimum Gasteiger partial charge on any atom is -0.460 e. The highest BCUT2D eigenvalue weighted by Crippen LogP contribution is 2.26. The minimum absolute atomic E-state index is 0.120. The lowest BCUT2D eigenvalue weighted by Crippen LogP contribution is -2.41. The lowest BCUT2D eigenvalue weighted by atomic mass is 10.2. The highest BCUT2D eigenvalue weighted by molar-refractivity contribution is 5.87. The van der Waals surface area contributed by atoms with Crippen LogP contribution in [0.2, 0.25) is 0 Å². The second-order valence-electron chi connectivity index (χ2n) is 12.1. The van der Waals surface area contributed by atoms with Gasteiger partial charge < -0.3 is 56.2 Å². The van der Waals surface area contributed by atoms with Gasteiger partial charge in [0.1, 0.15) is 12.4 Å². The second kappa shape index (κ2) is 19.5. The molecule has 0 N–H and O–H groups in total.